The number of allylic oxidation sites excluding steroid dienone is 1. The first kappa shape index (κ1) is 13.1. The molecular weight excluding hydrogens is 236 g/mol. The van der Waals surface area contributed by atoms with Gasteiger partial charge in [0.1, 0.15) is 0 Å². The molecule has 0 amide bonds. The highest BCUT2D eigenvalue weighted by atomic mass is 28.4. The normalized spacial score (nSPS) is 23.2. The van der Waals surface area contributed by atoms with E-state index in [1.807, 2.05) is 18.2 Å². The van der Waals surface area contributed by atoms with Crippen LogP contribution in [0.25, 0.3) is 6.08 Å². The summed E-state index contributed by atoms with van der Waals surface area (Å²) >= 11 is 0. The van der Waals surface area contributed by atoms with E-state index in [0.29, 0.717) is 0 Å². The second-order valence-corrected chi connectivity index (χ2v) is 9.00. The SMILES string of the molecule is C=C1C=C[Si](C)(C)OC(/C=C/c2ccccc2)C1. The summed E-state index contributed by atoms with van der Waals surface area (Å²) in [5.41, 5.74) is 4.57. The van der Waals surface area contributed by atoms with Crippen LogP contribution in [0, 0.1) is 0 Å². The Balaban J connectivity index is 2.09. The smallest absolute Gasteiger partial charge is 0.211 e. The summed E-state index contributed by atoms with van der Waals surface area (Å²) < 4.78 is 6.20. The maximum atomic E-state index is 6.20. The highest BCUT2D eigenvalue weighted by molar-refractivity contribution is 6.76. The van der Waals surface area contributed by atoms with E-state index >= 15 is 0 Å². The molecule has 1 unspecified atom stereocenters. The second-order valence-electron chi connectivity index (χ2n) is 5.23. The molecule has 1 aliphatic heterocycles. The van der Waals surface area contributed by atoms with Crippen molar-refractivity contribution in [1.82, 2.24) is 0 Å². The van der Waals surface area contributed by atoms with E-state index in [2.05, 4.69) is 55.7 Å². The average Bonchev–Trinajstić information content (AvgIpc) is 2.47. The van der Waals surface area contributed by atoms with Crippen LogP contribution in [0.5, 0.6) is 0 Å². The van der Waals surface area contributed by atoms with Crippen molar-refractivity contribution < 1.29 is 4.43 Å². The predicted octanol–water partition coefficient (Wildman–Crippen LogP) is 4.35. The molecule has 2 heteroatoms. The van der Waals surface area contributed by atoms with Crippen LogP contribution in [0.4, 0.5) is 0 Å². The maximum Gasteiger partial charge on any atom is 0.211 e. The molecule has 0 aliphatic carbocycles. The molecule has 0 aromatic heterocycles. The number of rotatable bonds is 2. The minimum Gasteiger partial charge on any atom is -0.407 e. The van der Waals surface area contributed by atoms with Gasteiger partial charge in [0.2, 0.25) is 8.32 Å². The van der Waals surface area contributed by atoms with Crippen molar-refractivity contribution in [1.29, 1.82) is 0 Å². The summed E-state index contributed by atoms with van der Waals surface area (Å²) in [6.45, 7) is 8.49. The summed E-state index contributed by atoms with van der Waals surface area (Å²) in [7, 11) is -1.68. The van der Waals surface area contributed by atoms with Crippen LogP contribution in [-0.4, -0.2) is 14.4 Å². The monoisotopic (exact) mass is 256 g/mol. The Labute approximate surface area is 111 Å². The van der Waals surface area contributed by atoms with Gasteiger partial charge in [-0.3, -0.25) is 0 Å². The third-order valence-electron chi connectivity index (χ3n) is 2.94. The summed E-state index contributed by atoms with van der Waals surface area (Å²) in [4.78, 5) is 0. The molecule has 0 saturated carbocycles. The molecule has 94 valence electrons. The summed E-state index contributed by atoms with van der Waals surface area (Å²) in [5.74, 6) is 0. The van der Waals surface area contributed by atoms with Crippen molar-refractivity contribution >= 4 is 14.4 Å². The Hall–Kier alpha value is -1.38. The number of hydrogen-bond acceptors (Lipinski definition) is 1. The highest BCUT2D eigenvalue weighted by Crippen LogP contribution is 2.22. The Morgan fingerprint density at radius 2 is 2.00 bits per heavy atom. The van der Waals surface area contributed by atoms with Crippen LogP contribution < -0.4 is 0 Å². The van der Waals surface area contributed by atoms with E-state index < -0.39 is 8.32 Å². The lowest BCUT2D eigenvalue weighted by molar-refractivity contribution is 0.249. The minimum absolute atomic E-state index is 0.148. The van der Waals surface area contributed by atoms with Crippen molar-refractivity contribution in [3.63, 3.8) is 0 Å². The predicted molar refractivity (Wildman–Crippen MR) is 80.7 cm³/mol. The topological polar surface area (TPSA) is 9.23 Å². The van der Waals surface area contributed by atoms with Gasteiger partial charge in [0, 0.05) is 6.42 Å². The van der Waals surface area contributed by atoms with Crippen molar-refractivity contribution in [2.24, 2.45) is 0 Å². The third-order valence-corrected chi connectivity index (χ3v) is 4.82. The van der Waals surface area contributed by atoms with Gasteiger partial charge < -0.3 is 4.43 Å². The quantitative estimate of drug-likeness (QED) is 0.715. The molecule has 2 rings (SSSR count). The first-order chi connectivity index (χ1) is 8.55. The Morgan fingerprint density at radius 3 is 2.72 bits per heavy atom. The van der Waals surface area contributed by atoms with E-state index in [0.717, 1.165) is 12.0 Å². The van der Waals surface area contributed by atoms with Crippen LogP contribution in [0.15, 0.2) is 60.3 Å². The molecule has 1 nitrogen and oxygen atoms in total. The van der Waals surface area contributed by atoms with Crippen LogP contribution in [0.3, 0.4) is 0 Å². The number of benzene rings is 1. The van der Waals surface area contributed by atoms with Crippen LogP contribution in [0.2, 0.25) is 13.1 Å². The highest BCUT2D eigenvalue weighted by Gasteiger charge is 2.25. The van der Waals surface area contributed by atoms with Gasteiger partial charge in [0.15, 0.2) is 0 Å². The van der Waals surface area contributed by atoms with Crippen molar-refractivity contribution in [3.8, 4) is 0 Å². The fourth-order valence-corrected chi connectivity index (χ4v) is 3.66. The zero-order chi connectivity index (χ0) is 13.0. The van der Waals surface area contributed by atoms with Crippen molar-refractivity contribution in [3.05, 3.63) is 65.9 Å². The summed E-state index contributed by atoms with van der Waals surface area (Å²) in [6.07, 6.45) is 7.45. The van der Waals surface area contributed by atoms with Gasteiger partial charge in [-0.05, 0) is 18.7 Å². The lowest BCUT2D eigenvalue weighted by Crippen LogP contribution is -2.31. The van der Waals surface area contributed by atoms with E-state index in [4.69, 9.17) is 4.43 Å². The molecule has 0 N–H and O–H groups in total. The van der Waals surface area contributed by atoms with Crippen molar-refractivity contribution in [2.45, 2.75) is 25.6 Å². The van der Waals surface area contributed by atoms with Gasteiger partial charge in [-0.2, -0.15) is 0 Å². The molecule has 0 bridgehead atoms. The molecule has 1 heterocycles. The zero-order valence-corrected chi connectivity index (χ0v) is 12.1. The van der Waals surface area contributed by atoms with Gasteiger partial charge in [-0.25, -0.2) is 0 Å². The van der Waals surface area contributed by atoms with E-state index in [1.165, 1.54) is 5.56 Å². The number of hydrogen-bond donors (Lipinski definition) is 0. The molecule has 0 spiro atoms. The Bertz CT molecular complexity index is 471. The molecule has 0 fully saturated rings. The molecule has 1 atom stereocenters. The molecule has 1 aromatic carbocycles. The van der Waals surface area contributed by atoms with Crippen LogP contribution >= 0.6 is 0 Å². The van der Waals surface area contributed by atoms with E-state index in [9.17, 15) is 0 Å². The largest absolute Gasteiger partial charge is 0.407 e. The zero-order valence-electron chi connectivity index (χ0n) is 11.1. The third kappa shape index (κ3) is 3.83. The van der Waals surface area contributed by atoms with E-state index in [1.54, 1.807) is 0 Å². The first-order valence-corrected chi connectivity index (χ1v) is 9.32. The van der Waals surface area contributed by atoms with Gasteiger partial charge in [0.25, 0.3) is 0 Å². The van der Waals surface area contributed by atoms with Gasteiger partial charge >= 0.3 is 0 Å². The molecular formula is C16H20OSi. The molecule has 1 aromatic rings. The molecule has 0 saturated heterocycles. The average molecular weight is 256 g/mol. The van der Waals surface area contributed by atoms with Crippen molar-refractivity contribution in [2.75, 3.05) is 0 Å². The molecule has 0 radical (unpaired) electrons. The fraction of sp³-hybridized carbons (Fsp3) is 0.250. The minimum atomic E-state index is -1.68. The molecule has 1 aliphatic rings. The first-order valence-electron chi connectivity index (χ1n) is 6.33. The lowest BCUT2D eigenvalue weighted by atomic mass is 10.1. The summed E-state index contributed by atoms with van der Waals surface area (Å²) in [6, 6.07) is 10.3. The molecule has 18 heavy (non-hydrogen) atoms. The summed E-state index contributed by atoms with van der Waals surface area (Å²) in [5, 5.41) is 0. The van der Waals surface area contributed by atoms with Crippen LogP contribution in [0.1, 0.15) is 12.0 Å². The Kier molecular flexibility index (Phi) is 3.99. The maximum absolute atomic E-state index is 6.20. The second kappa shape index (κ2) is 5.51. The van der Waals surface area contributed by atoms with Gasteiger partial charge in [0.05, 0.1) is 6.10 Å². The van der Waals surface area contributed by atoms with Crippen LogP contribution in [-0.2, 0) is 4.43 Å². The Morgan fingerprint density at radius 1 is 1.28 bits per heavy atom. The van der Waals surface area contributed by atoms with E-state index in [-0.39, 0.29) is 6.10 Å². The standard InChI is InChI=1S/C16H20OSi/c1-14-11-12-18(2,3)17-16(13-14)10-9-15-7-5-4-6-8-15/h4-12,16H,1,13H2,2-3H3/b10-9+. The van der Waals surface area contributed by atoms with Gasteiger partial charge in [-0.15, -0.1) is 0 Å². The van der Waals surface area contributed by atoms with Gasteiger partial charge in [-0.1, -0.05) is 66.4 Å². The fourth-order valence-electron chi connectivity index (χ4n) is 2.01. The lowest BCUT2D eigenvalue weighted by Gasteiger charge is -2.22.